The molecule has 0 atom stereocenters. The van der Waals surface area contributed by atoms with Gasteiger partial charge in [0.05, 0.1) is 11.5 Å². The summed E-state index contributed by atoms with van der Waals surface area (Å²) < 4.78 is -2.28. The number of carboxylic acids is 2. The number of benzene rings is 1. The molecular weight excluding hydrogens is 425 g/mol. The van der Waals surface area contributed by atoms with E-state index >= 15 is 0 Å². The van der Waals surface area contributed by atoms with Gasteiger partial charge in [0.1, 0.15) is 0 Å². The monoisotopic (exact) mass is 440 g/mol. The van der Waals surface area contributed by atoms with Gasteiger partial charge in [0.2, 0.25) is 3.79 Å². The van der Waals surface area contributed by atoms with Crippen LogP contribution in [-0.4, -0.2) is 20.8 Å². The van der Waals surface area contributed by atoms with Crippen LogP contribution in [-0.2, 0) is 21.3 Å². The molecule has 0 bridgehead atoms. The van der Waals surface area contributed by atoms with E-state index in [1.807, 2.05) is 27.7 Å². The minimum absolute atomic E-state index is 0. The second-order valence-electron chi connectivity index (χ2n) is 5.34. The van der Waals surface area contributed by atoms with Crippen molar-refractivity contribution in [2.24, 2.45) is 0 Å². The Morgan fingerprint density at radius 3 is 1.75 bits per heavy atom. The van der Waals surface area contributed by atoms with E-state index in [-0.39, 0.29) is 39.6 Å². The van der Waals surface area contributed by atoms with Crippen molar-refractivity contribution in [3.05, 3.63) is 28.8 Å². The van der Waals surface area contributed by atoms with Crippen LogP contribution in [0.4, 0.5) is 0 Å². The van der Waals surface area contributed by atoms with Crippen molar-refractivity contribution in [1.82, 2.24) is 0 Å². The fraction of sp³-hybridized carbons (Fsp3) is 0.467. The fourth-order valence-electron chi connectivity index (χ4n) is 1.88. The van der Waals surface area contributed by atoms with Gasteiger partial charge in [0, 0.05) is 0 Å². The molecule has 1 aromatic carbocycles. The van der Waals surface area contributed by atoms with Crippen molar-refractivity contribution in [2.45, 2.75) is 43.3 Å². The number of carbonyl (C=O) groups is 2. The Bertz CT molecular complexity index is 583. The van der Waals surface area contributed by atoms with Gasteiger partial charge in [-0.2, -0.15) is 0 Å². The second-order valence-corrected chi connectivity index (χ2v) is 7.63. The van der Waals surface area contributed by atoms with Crippen molar-refractivity contribution in [3.8, 4) is 5.75 Å². The van der Waals surface area contributed by atoms with Gasteiger partial charge in [-0.3, -0.25) is 0 Å². The number of rotatable bonds is 3. The number of alkyl halides is 3. The molecule has 0 saturated heterocycles. The number of halogens is 3. The van der Waals surface area contributed by atoms with E-state index in [1.165, 1.54) is 6.07 Å². The Labute approximate surface area is 165 Å². The maximum Gasteiger partial charge on any atom is 2.00 e. The first kappa shape index (κ1) is 25.6. The van der Waals surface area contributed by atoms with Crippen molar-refractivity contribution in [3.63, 3.8) is 0 Å². The molecule has 9 heteroatoms. The largest absolute Gasteiger partial charge is 2.00 e. The zero-order valence-corrected chi connectivity index (χ0v) is 16.6. The first-order chi connectivity index (χ1) is 10.3. The summed E-state index contributed by atoms with van der Waals surface area (Å²) >= 11 is 14.2. The smallest absolute Gasteiger partial charge is 0.872 e. The van der Waals surface area contributed by atoms with Gasteiger partial charge < -0.3 is 20.1 Å². The summed E-state index contributed by atoms with van der Waals surface area (Å²) in [6.45, 7) is 7.82. The van der Waals surface area contributed by atoms with E-state index in [4.69, 9.17) is 39.9 Å². The number of carboxylic acid groups (broad SMARTS) is 2. The van der Waals surface area contributed by atoms with Crippen LogP contribution in [0.15, 0.2) is 12.1 Å². The summed E-state index contributed by atoms with van der Waals surface area (Å²) in [6.07, 6.45) is 0. The van der Waals surface area contributed by atoms with E-state index in [2.05, 4.69) is 0 Å². The summed E-state index contributed by atoms with van der Waals surface area (Å²) in [7, 11) is 0. The third-order valence-corrected chi connectivity index (χ3v) is 3.35. The molecule has 1 N–H and O–H groups in total. The molecule has 0 fully saturated rings. The van der Waals surface area contributed by atoms with Crippen LogP contribution in [0.2, 0.25) is 0 Å². The van der Waals surface area contributed by atoms with Gasteiger partial charge in [-0.25, -0.2) is 4.79 Å². The third kappa shape index (κ3) is 7.48. The number of hydrogen-bond acceptors (Lipinski definition) is 4. The standard InChI is InChI=1S/C13H18O3.C2HCl3O2.Ni/c1-7(2)9-5-6-10(13(15)16)12(14)11(9)8(3)4;3-2(4,5)1(6)7;/h5-8,14H,1-4H3,(H,15,16);(H,6,7);/q;;+2/p-2. The zero-order valence-electron chi connectivity index (χ0n) is 13.3. The van der Waals surface area contributed by atoms with Crippen molar-refractivity contribution >= 4 is 46.7 Å². The molecule has 0 aliphatic heterocycles. The molecule has 138 valence electrons. The van der Waals surface area contributed by atoms with Crippen LogP contribution >= 0.6 is 34.8 Å². The minimum atomic E-state index is -2.28. The van der Waals surface area contributed by atoms with Gasteiger partial charge in [-0.1, -0.05) is 74.3 Å². The SMILES string of the molecule is CC(C)c1ccc(C(=O)O)c([O-])c1C(C)C.O=C([O-])C(Cl)(Cl)Cl.[Ni+2]. The third-order valence-electron chi connectivity index (χ3n) is 2.89. The topological polar surface area (TPSA) is 100 Å². The summed E-state index contributed by atoms with van der Waals surface area (Å²) in [6, 6.07) is 3.16. The molecule has 0 radical (unpaired) electrons. The van der Waals surface area contributed by atoms with Crippen LogP contribution in [0.25, 0.3) is 0 Å². The molecule has 24 heavy (non-hydrogen) atoms. The molecule has 0 amide bonds. The Morgan fingerprint density at radius 2 is 1.50 bits per heavy atom. The van der Waals surface area contributed by atoms with Crippen LogP contribution in [0, 0.1) is 0 Å². The van der Waals surface area contributed by atoms with Gasteiger partial charge in [-0.05, 0) is 29.0 Å². The van der Waals surface area contributed by atoms with Gasteiger partial charge >= 0.3 is 22.5 Å². The normalized spacial score (nSPS) is 10.7. The Kier molecular flexibility index (Phi) is 11.0. The van der Waals surface area contributed by atoms with Crippen LogP contribution in [0.3, 0.4) is 0 Å². The molecular formula is C15H17Cl3NiO5. The molecule has 0 saturated carbocycles. The molecule has 0 aliphatic rings. The number of aromatic carboxylic acids is 1. The molecule has 1 aromatic rings. The van der Waals surface area contributed by atoms with Gasteiger partial charge in [-0.15, -0.1) is 0 Å². The molecule has 5 nitrogen and oxygen atoms in total. The van der Waals surface area contributed by atoms with Crippen molar-refractivity contribution in [2.75, 3.05) is 0 Å². The maximum absolute atomic E-state index is 12.0. The molecule has 0 aromatic heterocycles. The predicted octanol–water partition coefficient (Wildman–Crippen LogP) is 2.81. The van der Waals surface area contributed by atoms with E-state index in [1.54, 1.807) is 6.07 Å². The molecule has 1 rings (SSSR count). The minimum Gasteiger partial charge on any atom is -0.872 e. The summed E-state index contributed by atoms with van der Waals surface area (Å²) in [5, 5.41) is 30.4. The first-order valence-corrected chi connectivity index (χ1v) is 7.79. The first-order valence-electron chi connectivity index (χ1n) is 6.65. The average Bonchev–Trinajstić information content (AvgIpc) is 2.36. The second kappa shape index (κ2) is 10.3. The predicted molar refractivity (Wildman–Crippen MR) is 86.3 cm³/mol. The summed E-state index contributed by atoms with van der Waals surface area (Å²) in [5.41, 5.74) is 1.45. The molecule has 0 heterocycles. The quantitative estimate of drug-likeness (QED) is 0.573. The Morgan fingerprint density at radius 1 is 1.08 bits per heavy atom. The molecule has 0 aliphatic carbocycles. The van der Waals surface area contributed by atoms with E-state index in [0.717, 1.165) is 5.56 Å². The maximum atomic E-state index is 12.0. The number of hydrogen-bond donors (Lipinski definition) is 1. The Balaban J connectivity index is 0. The fourth-order valence-corrected chi connectivity index (χ4v) is 1.88. The van der Waals surface area contributed by atoms with Crippen molar-refractivity contribution in [1.29, 1.82) is 0 Å². The van der Waals surface area contributed by atoms with Crippen LogP contribution in [0.1, 0.15) is 61.0 Å². The van der Waals surface area contributed by atoms with Gasteiger partial charge in [0.15, 0.2) is 0 Å². The molecule has 0 spiro atoms. The van der Waals surface area contributed by atoms with Crippen LogP contribution < -0.4 is 10.2 Å². The van der Waals surface area contributed by atoms with E-state index < -0.39 is 15.7 Å². The Hall–Kier alpha value is -0.676. The molecule has 0 unspecified atom stereocenters. The van der Waals surface area contributed by atoms with E-state index in [0.29, 0.717) is 5.56 Å². The van der Waals surface area contributed by atoms with Crippen molar-refractivity contribution < 1.29 is 41.4 Å². The summed E-state index contributed by atoms with van der Waals surface area (Å²) in [5.74, 6) is -2.93. The summed E-state index contributed by atoms with van der Waals surface area (Å²) in [4.78, 5) is 20.4. The average molecular weight is 442 g/mol. The number of carbonyl (C=O) groups excluding carboxylic acids is 1. The van der Waals surface area contributed by atoms with Gasteiger partial charge in [0.25, 0.3) is 0 Å². The zero-order chi connectivity index (χ0) is 18.5. The van der Waals surface area contributed by atoms with Crippen LogP contribution in [0.5, 0.6) is 5.75 Å². The number of aliphatic carboxylic acids is 1. The van der Waals surface area contributed by atoms with E-state index in [9.17, 15) is 19.8 Å².